The molecular formula is C22H21N3O4S. The number of hydrogen-bond acceptors (Lipinski definition) is 6. The smallest absolute Gasteiger partial charge is 0.410 e. The Kier molecular flexibility index (Phi) is 5.78. The van der Waals surface area contributed by atoms with E-state index in [0.29, 0.717) is 10.9 Å². The van der Waals surface area contributed by atoms with E-state index in [1.165, 1.54) is 16.2 Å². The van der Waals surface area contributed by atoms with Gasteiger partial charge >= 0.3 is 6.09 Å². The number of aromatic nitrogens is 1. The summed E-state index contributed by atoms with van der Waals surface area (Å²) in [6.07, 6.45) is -1.31. The molecule has 2 aromatic carbocycles. The van der Waals surface area contributed by atoms with Crippen LogP contribution in [0.5, 0.6) is 5.75 Å². The van der Waals surface area contributed by atoms with Gasteiger partial charge in [-0.2, -0.15) is 0 Å². The number of likely N-dealkylation sites (tertiary alicyclic amines) is 1. The number of benzene rings is 2. The molecule has 0 spiro atoms. The molecule has 4 rings (SSSR count). The number of ether oxygens (including phenoxy) is 1. The van der Waals surface area contributed by atoms with Crippen molar-refractivity contribution in [1.82, 2.24) is 9.88 Å². The van der Waals surface area contributed by atoms with Gasteiger partial charge in [-0.25, -0.2) is 9.78 Å². The average molecular weight is 423 g/mol. The zero-order valence-corrected chi connectivity index (χ0v) is 17.1. The first-order valence-corrected chi connectivity index (χ1v) is 10.4. The molecule has 2 heterocycles. The van der Waals surface area contributed by atoms with Gasteiger partial charge in [-0.1, -0.05) is 48.5 Å². The third-order valence-corrected chi connectivity index (χ3v) is 5.72. The second-order valence-electron chi connectivity index (χ2n) is 7.02. The molecule has 30 heavy (non-hydrogen) atoms. The zero-order chi connectivity index (χ0) is 21.1. The fourth-order valence-electron chi connectivity index (χ4n) is 3.41. The number of aliphatic hydroxyl groups is 1. The van der Waals surface area contributed by atoms with Gasteiger partial charge in [0.2, 0.25) is 5.91 Å². The maximum atomic E-state index is 12.9. The second kappa shape index (κ2) is 8.64. The molecule has 154 valence electrons. The van der Waals surface area contributed by atoms with Crippen LogP contribution in [0.25, 0.3) is 11.3 Å². The minimum absolute atomic E-state index is 0.0376. The van der Waals surface area contributed by atoms with E-state index in [1.807, 2.05) is 43.3 Å². The predicted octanol–water partition coefficient (Wildman–Crippen LogP) is 3.69. The molecule has 1 aliphatic heterocycles. The molecule has 1 fully saturated rings. The summed E-state index contributed by atoms with van der Waals surface area (Å²) in [4.78, 5) is 32.2. The van der Waals surface area contributed by atoms with E-state index in [1.54, 1.807) is 24.3 Å². The molecule has 0 unspecified atom stereocenters. The summed E-state index contributed by atoms with van der Waals surface area (Å²) in [6, 6.07) is 17.5. The predicted molar refractivity (Wildman–Crippen MR) is 115 cm³/mol. The van der Waals surface area contributed by atoms with Crippen LogP contribution in [0.1, 0.15) is 11.3 Å². The lowest BCUT2D eigenvalue weighted by atomic mass is 10.1. The molecule has 1 aromatic heterocycles. The third kappa shape index (κ3) is 4.34. The Bertz CT molecular complexity index is 1040. The van der Waals surface area contributed by atoms with E-state index in [9.17, 15) is 14.7 Å². The number of aliphatic hydroxyl groups excluding tert-OH is 1. The van der Waals surface area contributed by atoms with Crippen molar-refractivity contribution >= 4 is 28.5 Å². The molecule has 1 aliphatic rings. The van der Waals surface area contributed by atoms with Crippen LogP contribution in [-0.4, -0.2) is 45.7 Å². The van der Waals surface area contributed by atoms with E-state index in [2.05, 4.69) is 10.3 Å². The van der Waals surface area contributed by atoms with Crippen LogP contribution in [0.15, 0.2) is 60.7 Å². The highest BCUT2D eigenvalue weighted by Gasteiger charge is 2.40. The summed E-state index contributed by atoms with van der Waals surface area (Å²) in [5, 5.41) is 13.3. The summed E-state index contributed by atoms with van der Waals surface area (Å²) in [5.41, 5.74) is 1.78. The van der Waals surface area contributed by atoms with Gasteiger partial charge in [0.15, 0.2) is 5.13 Å². The largest absolute Gasteiger partial charge is 0.416 e. The molecule has 8 heteroatoms. The number of hydrogen-bond donors (Lipinski definition) is 2. The summed E-state index contributed by atoms with van der Waals surface area (Å²) in [7, 11) is 0. The van der Waals surface area contributed by atoms with Crippen molar-refractivity contribution in [3.8, 4) is 17.0 Å². The summed E-state index contributed by atoms with van der Waals surface area (Å²) < 4.78 is 5.34. The number of amides is 2. The number of para-hydroxylation sites is 1. The molecule has 3 aromatic rings. The lowest BCUT2D eigenvalue weighted by molar-refractivity contribution is -0.119. The highest BCUT2D eigenvalue weighted by molar-refractivity contribution is 7.16. The fourth-order valence-corrected chi connectivity index (χ4v) is 4.25. The van der Waals surface area contributed by atoms with Crippen molar-refractivity contribution in [1.29, 1.82) is 0 Å². The molecule has 0 bridgehead atoms. The lowest BCUT2D eigenvalue weighted by Crippen LogP contribution is -2.44. The molecule has 1 saturated heterocycles. The van der Waals surface area contributed by atoms with E-state index in [4.69, 9.17) is 4.74 Å². The number of anilines is 1. The van der Waals surface area contributed by atoms with Crippen molar-refractivity contribution in [2.75, 3.05) is 11.9 Å². The first kappa shape index (κ1) is 20.1. The molecule has 0 saturated carbocycles. The lowest BCUT2D eigenvalue weighted by Gasteiger charge is -2.22. The van der Waals surface area contributed by atoms with Crippen LogP contribution in [0, 0.1) is 6.92 Å². The van der Waals surface area contributed by atoms with Crippen molar-refractivity contribution in [3.05, 3.63) is 65.5 Å². The van der Waals surface area contributed by atoms with Crippen molar-refractivity contribution in [2.24, 2.45) is 0 Å². The second-order valence-corrected chi connectivity index (χ2v) is 8.22. The Balaban J connectivity index is 1.47. The van der Waals surface area contributed by atoms with Crippen molar-refractivity contribution in [2.45, 2.75) is 25.5 Å². The number of carbonyl (C=O) groups is 2. The minimum Gasteiger partial charge on any atom is -0.410 e. The molecular weight excluding hydrogens is 402 g/mol. The average Bonchev–Trinajstić information content (AvgIpc) is 3.32. The minimum atomic E-state index is -0.833. The SMILES string of the molecule is Cc1sc(NC(=O)[C@H]2C[C@H](O)CN2C(=O)Oc2ccccc2)nc1-c1ccccc1. The number of nitrogens with one attached hydrogen (secondary N) is 1. The molecule has 2 amide bonds. The number of rotatable bonds is 4. The van der Waals surface area contributed by atoms with Crippen molar-refractivity contribution in [3.63, 3.8) is 0 Å². The number of carbonyl (C=O) groups excluding carboxylic acids is 2. The highest BCUT2D eigenvalue weighted by Crippen LogP contribution is 2.31. The van der Waals surface area contributed by atoms with Gasteiger partial charge in [-0.05, 0) is 19.1 Å². The Morgan fingerprint density at radius 3 is 2.50 bits per heavy atom. The van der Waals surface area contributed by atoms with Crippen LogP contribution in [0.2, 0.25) is 0 Å². The van der Waals surface area contributed by atoms with Gasteiger partial charge in [0.25, 0.3) is 0 Å². The Hall–Kier alpha value is -3.23. The van der Waals surface area contributed by atoms with Crippen LogP contribution in [0.3, 0.4) is 0 Å². The Morgan fingerprint density at radius 2 is 1.80 bits per heavy atom. The van der Waals surface area contributed by atoms with E-state index in [-0.39, 0.29) is 13.0 Å². The quantitative estimate of drug-likeness (QED) is 0.668. The van der Waals surface area contributed by atoms with Crippen LogP contribution in [0.4, 0.5) is 9.93 Å². The summed E-state index contributed by atoms with van der Waals surface area (Å²) >= 11 is 1.37. The summed E-state index contributed by atoms with van der Waals surface area (Å²) in [5.74, 6) is -0.0176. The molecule has 0 aliphatic carbocycles. The molecule has 2 atom stereocenters. The van der Waals surface area contributed by atoms with Gasteiger partial charge in [0, 0.05) is 16.9 Å². The maximum Gasteiger partial charge on any atom is 0.416 e. The van der Waals surface area contributed by atoms with Gasteiger partial charge < -0.3 is 15.2 Å². The van der Waals surface area contributed by atoms with E-state index < -0.39 is 24.1 Å². The number of thiazole rings is 1. The normalized spacial score (nSPS) is 18.3. The van der Waals surface area contributed by atoms with Crippen LogP contribution in [-0.2, 0) is 4.79 Å². The topological polar surface area (TPSA) is 91.8 Å². The Morgan fingerprint density at radius 1 is 1.13 bits per heavy atom. The highest BCUT2D eigenvalue weighted by atomic mass is 32.1. The Labute approximate surface area is 177 Å². The van der Waals surface area contributed by atoms with Crippen LogP contribution < -0.4 is 10.1 Å². The van der Waals surface area contributed by atoms with Crippen molar-refractivity contribution < 1.29 is 19.4 Å². The monoisotopic (exact) mass is 423 g/mol. The number of nitrogens with zero attached hydrogens (tertiary/aromatic N) is 2. The van der Waals surface area contributed by atoms with E-state index >= 15 is 0 Å². The van der Waals surface area contributed by atoms with Gasteiger partial charge in [0.05, 0.1) is 18.3 Å². The number of β-amino-alcohol motifs (C(OH)–C–C–N with tert-alkyl or cyclic N) is 1. The maximum absolute atomic E-state index is 12.9. The van der Waals surface area contributed by atoms with Crippen LogP contribution >= 0.6 is 11.3 Å². The van der Waals surface area contributed by atoms with Gasteiger partial charge in [-0.15, -0.1) is 11.3 Å². The number of aryl methyl sites for hydroxylation is 1. The van der Waals surface area contributed by atoms with Gasteiger partial charge in [0.1, 0.15) is 11.8 Å². The third-order valence-electron chi connectivity index (χ3n) is 4.84. The molecule has 2 N–H and O–H groups in total. The fraction of sp³-hybridized carbons (Fsp3) is 0.227. The summed E-state index contributed by atoms with van der Waals surface area (Å²) in [6.45, 7) is 1.98. The zero-order valence-electron chi connectivity index (χ0n) is 16.3. The standard InChI is InChI=1S/C22H21N3O4S/c1-14-19(15-8-4-2-5-9-15)23-21(30-14)24-20(27)18-12-16(26)13-25(18)22(28)29-17-10-6-3-7-11-17/h2-11,16,18,26H,12-13H2,1H3,(H,23,24,27)/t16-,18+/m0/s1. The first-order chi connectivity index (χ1) is 14.5. The van der Waals surface area contributed by atoms with Gasteiger partial charge in [-0.3, -0.25) is 9.69 Å². The molecule has 7 nitrogen and oxygen atoms in total. The first-order valence-electron chi connectivity index (χ1n) is 9.56. The van der Waals surface area contributed by atoms with E-state index in [0.717, 1.165) is 16.1 Å². The molecule has 0 radical (unpaired) electrons.